The van der Waals surface area contributed by atoms with E-state index in [1.54, 1.807) is 0 Å². The molecule has 0 atom stereocenters. The monoisotopic (exact) mass is 307 g/mol. The molecule has 0 spiro atoms. The van der Waals surface area contributed by atoms with Gasteiger partial charge in [0.1, 0.15) is 19.0 Å². The summed E-state index contributed by atoms with van der Waals surface area (Å²) in [6, 6.07) is 0. The average Bonchev–Trinajstić information content (AvgIpc) is 3.39. The van der Waals surface area contributed by atoms with E-state index in [4.69, 9.17) is 9.47 Å². The molecule has 3 heterocycles. The molecule has 0 N–H and O–H groups in total. The van der Waals surface area contributed by atoms with Crippen LogP contribution in [0.15, 0.2) is 0 Å². The van der Waals surface area contributed by atoms with E-state index >= 15 is 0 Å². The molecular formula is C14H17N3O3S. The fourth-order valence-electron chi connectivity index (χ4n) is 2.54. The number of thioether (sulfide) groups is 1. The molecule has 1 saturated carbocycles. The molecule has 1 saturated heterocycles. The van der Waals surface area contributed by atoms with Crippen LogP contribution in [0.3, 0.4) is 0 Å². The molecule has 2 aliphatic heterocycles. The molecule has 7 heteroatoms. The zero-order chi connectivity index (χ0) is 14.2. The SMILES string of the molecule is O=C(c1nc(C2CC2)nc2c1OCCO2)N1CCSCC1. The van der Waals surface area contributed by atoms with Crippen molar-refractivity contribution in [2.75, 3.05) is 37.8 Å². The van der Waals surface area contributed by atoms with Gasteiger partial charge < -0.3 is 14.4 Å². The predicted octanol–water partition coefficient (Wildman–Crippen LogP) is 1.31. The summed E-state index contributed by atoms with van der Waals surface area (Å²) < 4.78 is 11.2. The van der Waals surface area contributed by atoms with Crippen molar-refractivity contribution < 1.29 is 14.3 Å². The fourth-order valence-corrected chi connectivity index (χ4v) is 3.44. The van der Waals surface area contributed by atoms with E-state index in [-0.39, 0.29) is 5.91 Å². The Bertz CT molecular complexity index is 571. The molecule has 112 valence electrons. The van der Waals surface area contributed by atoms with Crippen molar-refractivity contribution in [3.8, 4) is 11.6 Å². The third-order valence-electron chi connectivity index (χ3n) is 3.86. The van der Waals surface area contributed by atoms with Crippen molar-refractivity contribution in [3.63, 3.8) is 0 Å². The fraction of sp³-hybridized carbons (Fsp3) is 0.643. The largest absolute Gasteiger partial charge is 0.483 e. The summed E-state index contributed by atoms with van der Waals surface area (Å²) in [5.74, 6) is 3.87. The zero-order valence-corrected chi connectivity index (χ0v) is 12.5. The van der Waals surface area contributed by atoms with Crippen LogP contribution in [0.25, 0.3) is 0 Å². The first kappa shape index (κ1) is 13.2. The quantitative estimate of drug-likeness (QED) is 0.821. The minimum atomic E-state index is -0.0543. The van der Waals surface area contributed by atoms with Crippen LogP contribution >= 0.6 is 11.8 Å². The van der Waals surface area contributed by atoms with Gasteiger partial charge in [0.2, 0.25) is 5.75 Å². The molecule has 1 aromatic heterocycles. The Morgan fingerprint density at radius 3 is 2.67 bits per heavy atom. The summed E-state index contributed by atoms with van der Waals surface area (Å²) in [5, 5.41) is 0. The van der Waals surface area contributed by atoms with E-state index in [9.17, 15) is 4.79 Å². The van der Waals surface area contributed by atoms with E-state index in [0.717, 1.165) is 43.3 Å². The number of hydrogen-bond donors (Lipinski definition) is 0. The molecule has 0 unspecified atom stereocenters. The lowest BCUT2D eigenvalue weighted by atomic mass is 10.2. The molecule has 6 nitrogen and oxygen atoms in total. The van der Waals surface area contributed by atoms with Crippen LogP contribution in [-0.4, -0.2) is 58.6 Å². The van der Waals surface area contributed by atoms with Crippen LogP contribution < -0.4 is 9.47 Å². The van der Waals surface area contributed by atoms with E-state index in [1.807, 2.05) is 16.7 Å². The Morgan fingerprint density at radius 2 is 1.90 bits per heavy atom. The third kappa shape index (κ3) is 2.54. The van der Waals surface area contributed by atoms with Crippen molar-refractivity contribution in [3.05, 3.63) is 11.5 Å². The number of ether oxygens (including phenoxy) is 2. The number of carbonyl (C=O) groups is 1. The summed E-state index contributed by atoms with van der Waals surface area (Å²) in [4.78, 5) is 23.6. The van der Waals surface area contributed by atoms with Crippen LogP contribution in [-0.2, 0) is 0 Å². The lowest BCUT2D eigenvalue weighted by molar-refractivity contribution is 0.0752. The summed E-state index contributed by atoms with van der Waals surface area (Å²) in [7, 11) is 0. The molecule has 1 amide bonds. The van der Waals surface area contributed by atoms with Crippen molar-refractivity contribution >= 4 is 17.7 Å². The Hall–Kier alpha value is -1.50. The normalized spacial score (nSPS) is 21.2. The van der Waals surface area contributed by atoms with Crippen LogP contribution in [0.5, 0.6) is 11.6 Å². The second kappa shape index (κ2) is 5.36. The number of hydrogen-bond acceptors (Lipinski definition) is 6. The van der Waals surface area contributed by atoms with Gasteiger partial charge in [0.25, 0.3) is 11.8 Å². The average molecular weight is 307 g/mol. The van der Waals surface area contributed by atoms with E-state index in [0.29, 0.717) is 36.5 Å². The molecule has 4 rings (SSSR count). The van der Waals surface area contributed by atoms with Gasteiger partial charge in [-0.25, -0.2) is 4.98 Å². The number of amides is 1. The van der Waals surface area contributed by atoms with Gasteiger partial charge in [-0.05, 0) is 12.8 Å². The number of nitrogens with zero attached hydrogens (tertiary/aromatic N) is 3. The van der Waals surface area contributed by atoms with Gasteiger partial charge in [-0.3, -0.25) is 4.79 Å². The minimum absolute atomic E-state index is 0.0543. The minimum Gasteiger partial charge on any atom is -0.483 e. The highest BCUT2D eigenvalue weighted by Gasteiger charge is 2.33. The number of carbonyl (C=O) groups excluding carboxylic acids is 1. The maximum atomic E-state index is 12.8. The summed E-state index contributed by atoms with van der Waals surface area (Å²) >= 11 is 1.88. The van der Waals surface area contributed by atoms with E-state index in [2.05, 4.69) is 9.97 Å². The third-order valence-corrected chi connectivity index (χ3v) is 4.81. The first-order valence-corrected chi connectivity index (χ1v) is 8.53. The van der Waals surface area contributed by atoms with Gasteiger partial charge in [0.05, 0.1) is 0 Å². The molecule has 1 aromatic rings. The van der Waals surface area contributed by atoms with Gasteiger partial charge in [0.15, 0.2) is 5.69 Å². The zero-order valence-electron chi connectivity index (χ0n) is 11.7. The summed E-state index contributed by atoms with van der Waals surface area (Å²) in [5.41, 5.74) is 0.383. The van der Waals surface area contributed by atoms with Crippen molar-refractivity contribution in [1.29, 1.82) is 0 Å². The first-order valence-electron chi connectivity index (χ1n) is 7.37. The lowest BCUT2D eigenvalue weighted by Crippen LogP contribution is -2.39. The predicted molar refractivity (Wildman–Crippen MR) is 78.2 cm³/mol. The van der Waals surface area contributed by atoms with Crippen LogP contribution in [0.2, 0.25) is 0 Å². The van der Waals surface area contributed by atoms with Gasteiger partial charge in [-0.1, -0.05) is 0 Å². The van der Waals surface area contributed by atoms with Crippen LogP contribution in [0, 0.1) is 0 Å². The standard InChI is InChI=1S/C14H17N3O3S/c18-14(17-3-7-21-8-4-17)10-11-13(20-6-5-19-11)16-12(15-10)9-1-2-9/h9H,1-8H2. The van der Waals surface area contributed by atoms with Crippen molar-refractivity contribution in [2.24, 2.45) is 0 Å². The molecule has 1 aliphatic carbocycles. The highest BCUT2D eigenvalue weighted by molar-refractivity contribution is 7.99. The maximum absolute atomic E-state index is 12.8. The maximum Gasteiger partial charge on any atom is 0.276 e. The highest BCUT2D eigenvalue weighted by atomic mass is 32.2. The first-order chi connectivity index (χ1) is 10.3. The molecular weight excluding hydrogens is 290 g/mol. The molecule has 21 heavy (non-hydrogen) atoms. The second-order valence-corrected chi connectivity index (χ2v) is 6.67. The topological polar surface area (TPSA) is 64.5 Å². The second-order valence-electron chi connectivity index (χ2n) is 5.44. The van der Waals surface area contributed by atoms with Gasteiger partial charge in [0, 0.05) is 30.5 Å². The van der Waals surface area contributed by atoms with Crippen molar-refractivity contribution in [1.82, 2.24) is 14.9 Å². The molecule has 3 aliphatic rings. The van der Waals surface area contributed by atoms with E-state index in [1.165, 1.54) is 0 Å². The number of fused-ring (bicyclic) bond motifs is 1. The molecule has 0 bridgehead atoms. The highest BCUT2D eigenvalue weighted by Crippen LogP contribution is 2.41. The van der Waals surface area contributed by atoms with Crippen LogP contribution in [0.1, 0.15) is 35.1 Å². The molecule has 0 radical (unpaired) electrons. The van der Waals surface area contributed by atoms with Gasteiger partial charge in [-0.2, -0.15) is 16.7 Å². The number of aromatic nitrogens is 2. The lowest BCUT2D eigenvalue weighted by Gasteiger charge is -2.27. The summed E-state index contributed by atoms with van der Waals surface area (Å²) in [6.07, 6.45) is 2.18. The Balaban J connectivity index is 1.71. The van der Waals surface area contributed by atoms with Gasteiger partial charge in [-0.15, -0.1) is 0 Å². The Kier molecular flexibility index (Phi) is 3.37. The van der Waals surface area contributed by atoms with Crippen LogP contribution in [0.4, 0.5) is 0 Å². The van der Waals surface area contributed by atoms with Crippen molar-refractivity contribution in [2.45, 2.75) is 18.8 Å². The number of rotatable bonds is 2. The summed E-state index contributed by atoms with van der Waals surface area (Å²) in [6.45, 7) is 2.45. The van der Waals surface area contributed by atoms with E-state index < -0.39 is 0 Å². The molecule has 0 aromatic carbocycles. The molecule has 2 fully saturated rings. The Morgan fingerprint density at radius 1 is 1.14 bits per heavy atom. The van der Waals surface area contributed by atoms with Gasteiger partial charge >= 0.3 is 0 Å². The smallest absolute Gasteiger partial charge is 0.276 e. The Labute approximate surface area is 127 Å².